The molecule has 0 fully saturated rings. The molecule has 2 amide bonds. The maximum atomic E-state index is 12.7. The van der Waals surface area contributed by atoms with Crippen LogP contribution in [0, 0.1) is 0 Å². The highest BCUT2D eigenvalue weighted by molar-refractivity contribution is 8.01. The van der Waals surface area contributed by atoms with E-state index in [4.69, 9.17) is 23.2 Å². The Morgan fingerprint density at radius 3 is 2.57 bits per heavy atom. The van der Waals surface area contributed by atoms with Gasteiger partial charge in [0.15, 0.2) is 4.34 Å². The average molecular weight is 563 g/mol. The molecule has 7 nitrogen and oxygen atoms in total. The van der Waals surface area contributed by atoms with Gasteiger partial charge in [-0.3, -0.25) is 19.9 Å². The van der Waals surface area contributed by atoms with Crippen molar-refractivity contribution < 1.29 is 9.59 Å². The van der Waals surface area contributed by atoms with Crippen LogP contribution < -0.4 is 5.32 Å². The number of pyridine rings is 1. The molecule has 12 heteroatoms. The molecule has 3 aromatic heterocycles. The smallest absolute Gasteiger partial charge is 0.269 e. The molecule has 3 heterocycles. The van der Waals surface area contributed by atoms with E-state index in [0.29, 0.717) is 24.4 Å². The van der Waals surface area contributed by atoms with Gasteiger partial charge in [0.25, 0.3) is 5.91 Å². The number of nitrogens with one attached hydrogen (secondary N) is 1. The minimum absolute atomic E-state index is 0.294. The molecule has 0 saturated heterocycles. The molecule has 5 rings (SSSR count). The Morgan fingerprint density at radius 2 is 1.83 bits per heavy atom. The summed E-state index contributed by atoms with van der Waals surface area (Å²) >= 11 is 16.6. The molecular weight excluding hydrogens is 545 g/mol. The number of fused-ring (bicyclic) bond motifs is 2. The molecule has 35 heavy (non-hydrogen) atoms. The van der Waals surface area contributed by atoms with E-state index in [-0.39, 0.29) is 5.91 Å². The third-order valence-electron chi connectivity index (χ3n) is 4.44. The Labute approximate surface area is 223 Å². The number of aromatic nitrogens is 3. The second-order valence-corrected chi connectivity index (χ2v) is 11.3. The molecule has 0 atom stereocenters. The molecule has 0 radical (unpaired) electrons. The number of nitrogens with zero attached hydrogens (tertiary/aromatic N) is 4. The van der Waals surface area contributed by atoms with Crippen molar-refractivity contribution in [2.75, 3.05) is 19.4 Å². The van der Waals surface area contributed by atoms with Crippen molar-refractivity contribution >= 4 is 96.1 Å². The van der Waals surface area contributed by atoms with Crippen molar-refractivity contribution in [2.45, 2.75) is 9.24 Å². The predicted molar refractivity (Wildman–Crippen MR) is 145 cm³/mol. The van der Waals surface area contributed by atoms with Crippen molar-refractivity contribution in [1.82, 2.24) is 20.1 Å². The van der Waals surface area contributed by atoms with Crippen LogP contribution in [0.5, 0.6) is 0 Å². The lowest BCUT2D eigenvalue weighted by Gasteiger charge is -2.03. The highest BCUT2D eigenvalue weighted by atomic mass is 35.5. The minimum atomic E-state index is -0.294. The summed E-state index contributed by atoms with van der Waals surface area (Å²) in [6, 6.07) is 15.1. The van der Waals surface area contributed by atoms with E-state index in [0.717, 1.165) is 32.3 Å². The molecule has 0 aliphatic rings. The Balaban J connectivity index is 0.000000527. The Hall–Kier alpha value is -2.76. The number of amides is 2. The highest BCUT2D eigenvalue weighted by Crippen LogP contribution is 2.38. The Morgan fingerprint density at radius 1 is 1.06 bits per heavy atom. The molecule has 2 aromatic carbocycles. The average Bonchev–Trinajstić information content (AvgIpc) is 3.43. The summed E-state index contributed by atoms with van der Waals surface area (Å²) in [4.78, 5) is 29.4. The molecule has 0 bridgehead atoms. The van der Waals surface area contributed by atoms with Crippen molar-refractivity contribution in [3.05, 3.63) is 69.7 Å². The second-order valence-electron chi connectivity index (χ2n) is 7.21. The highest BCUT2D eigenvalue weighted by Gasteiger charge is 2.19. The van der Waals surface area contributed by atoms with Crippen LogP contribution in [0.3, 0.4) is 0 Å². The number of hydrogen-bond donors (Lipinski definition) is 1. The van der Waals surface area contributed by atoms with Gasteiger partial charge in [-0.1, -0.05) is 70.6 Å². The number of benzene rings is 2. The Bertz CT molecular complexity index is 1520. The maximum absolute atomic E-state index is 12.7. The first-order valence-electron chi connectivity index (χ1n) is 10.0. The van der Waals surface area contributed by atoms with Crippen molar-refractivity contribution in [1.29, 1.82) is 0 Å². The number of hydrogen-bond acceptors (Lipinski definition) is 8. The van der Waals surface area contributed by atoms with E-state index in [2.05, 4.69) is 20.5 Å². The molecule has 0 aliphatic carbocycles. The first kappa shape index (κ1) is 25.3. The van der Waals surface area contributed by atoms with E-state index in [9.17, 15) is 9.59 Å². The molecule has 1 N–H and O–H groups in total. The minimum Gasteiger partial charge on any atom is -0.351 e. The van der Waals surface area contributed by atoms with Crippen LogP contribution in [-0.4, -0.2) is 46.5 Å². The van der Waals surface area contributed by atoms with Gasteiger partial charge >= 0.3 is 0 Å². The van der Waals surface area contributed by atoms with Crippen molar-refractivity contribution in [2.24, 2.45) is 0 Å². The molecule has 0 unspecified atom stereocenters. The standard InChI is InChI=1S/C20H10Cl2N4OS3.C3H7NO/c21-10-5-6-11-13(9-10)23-8-7-15(11)29-20-26-25-19(30-20)24-18(27)17-16(22)12-3-1-2-4-14(12)28-17;1-4(2)3-5/h1-9H,(H,24,25,27);3H,1-2H3. The van der Waals surface area contributed by atoms with Gasteiger partial charge in [0.2, 0.25) is 11.5 Å². The van der Waals surface area contributed by atoms with E-state index in [1.165, 1.54) is 39.3 Å². The molecule has 0 saturated carbocycles. The molecule has 0 spiro atoms. The number of halogens is 2. The lowest BCUT2D eigenvalue weighted by atomic mass is 10.2. The summed E-state index contributed by atoms with van der Waals surface area (Å²) in [6.45, 7) is 0. The normalized spacial score (nSPS) is 10.6. The van der Waals surface area contributed by atoms with Gasteiger partial charge < -0.3 is 4.90 Å². The number of thiophene rings is 1. The zero-order valence-corrected chi connectivity index (χ0v) is 22.3. The van der Waals surface area contributed by atoms with E-state index < -0.39 is 0 Å². The van der Waals surface area contributed by atoms with Crippen molar-refractivity contribution in [3.63, 3.8) is 0 Å². The van der Waals surface area contributed by atoms with E-state index in [1.807, 2.05) is 48.5 Å². The fraction of sp³-hybridized carbons (Fsp3) is 0.0870. The zero-order valence-electron chi connectivity index (χ0n) is 18.4. The SMILES string of the molecule is CN(C)C=O.O=C(Nc1nnc(Sc2ccnc3cc(Cl)ccc23)s1)c1sc2ccccc2c1Cl. The number of anilines is 1. The van der Waals surface area contributed by atoms with E-state index in [1.54, 1.807) is 20.3 Å². The summed E-state index contributed by atoms with van der Waals surface area (Å²) in [5, 5.41) is 14.4. The predicted octanol–water partition coefficient (Wildman–Crippen LogP) is 6.72. The summed E-state index contributed by atoms with van der Waals surface area (Å²) in [6.07, 6.45) is 2.48. The number of carbonyl (C=O) groups excluding carboxylic acids is 2. The van der Waals surface area contributed by atoms with Gasteiger partial charge in [-0.05, 0) is 24.3 Å². The number of carbonyl (C=O) groups is 2. The third kappa shape index (κ3) is 6.09. The van der Waals surface area contributed by atoms with Gasteiger partial charge in [0.05, 0.1) is 10.5 Å². The molecule has 0 aliphatic heterocycles. The molecule has 178 valence electrons. The first-order chi connectivity index (χ1) is 16.9. The van der Waals surface area contributed by atoms with Gasteiger partial charge in [-0.15, -0.1) is 21.5 Å². The number of rotatable bonds is 5. The lowest BCUT2D eigenvalue weighted by molar-refractivity contribution is -0.115. The largest absolute Gasteiger partial charge is 0.351 e. The lowest BCUT2D eigenvalue weighted by Crippen LogP contribution is -2.10. The van der Waals surface area contributed by atoms with Gasteiger partial charge in [0.1, 0.15) is 4.88 Å². The third-order valence-corrected chi connectivity index (χ3v) is 8.32. The second kappa shape index (κ2) is 11.3. The van der Waals surface area contributed by atoms with Crippen LogP contribution in [0.1, 0.15) is 9.67 Å². The summed E-state index contributed by atoms with van der Waals surface area (Å²) in [7, 11) is 3.38. The van der Waals surface area contributed by atoms with Crippen LogP contribution in [0.4, 0.5) is 5.13 Å². The first-order valence-corrected chi connectivity index (χ1v) is 13.2. The van der Waals surface area contributed by atoms with Gasteiger partial charge in [-0.25, -0.2) is 0 Å². The summed E-state index contributed by atoms with van der Waals surface area (Å²) in [5.41, 5.74) is 0.810. The monoisotopic (exact) mass is 561 g/mol. The quantitative estimate of drug-likeness (QED) is 0.189. The molecular formula is C23H17Cl2N5O2S3. The topological polar surface area (TPSA) is 88.1 Å². The van der Waals surface area contributed by atoms with Crippen LogP contribution in [0.15, 0.2) is 64.0 Å². The van der Waals surface area contributed by atoms with Gasteiger partial charge in [-0.2, -0.15) is 0 Å². The fourth-order valence-corrected chi connectivity index (χ4v) is 6.30. The van der Waals surface area contributed by atoms with Crippen LogP contribution in [0.25, 0.3) is 21.0 Å². The van der Waals surface area contributed by atoms with Crippen LogP contribution in [0.2, 0.25) is 10.0 Å². The van der Waals surface area contributed by atoms with E-state index >= 15 is 0 Å². The molecule has 5 aromatic rings. The maximum Gasteiger partial charge on any atom is 0.269 e. The fourth-order valence-electron chi connectivity index (χ4n) is 2.89. The Kier molecular flexibility index (Phi) is 8.19. The summed E-state index contributed by atoms with van der Waals surface area (Å²) in [5.74, 6) is -0.294. The van der Waals surface area contributed by atoms with Crippen LogP contribution in [-0.2, 0) is 4.79 Å². The summed E-state index contributed by atoms with van der Waals surface area (Å²) < 4.78 is 1.67. The van der Waals surface area contributed by atoms with Crippen LogP contribution >= 0.6 is 57.6 Å². The van der Waals surface area contributed by atoms with Gasteiger partial charge in [0, 0.05) is 45.7 Å². The van der Waals surface area contributed by atoms with Crippen molar-refractivity contribution in [3.8, 4) is 0 Å². The zero-order chi connectivity index (χ0) is 24.9.